The van der Waals surface area contributed by atoms with E-state index < -0.39 is 0 Å². The highest BCUT2D eigenvalue weighted by molar-refractivity contribution is 7.98. The second-order valence-corrected chi connectivity index (χ2v) is 5.99. The van der Waals surface area contributed by atoms with E-state index in [0.29, 0.717) is 12.0 Å². The van der Waals surface area contributed by atoms with Crippen molar-refractivity contribution in [3.05, 3.63) is 23.8 Å². The van der Waals surface area contributed by atoms with E-state index in [-0.39, 0.29) is 0 Å². The molecular weight excluding hydrogens is 254 g/mol. The highest BCUT2D eigenvalue weighted by Crippen LogP contribution is 2.33. The number of piperidine rings is 1. The van der Waals surface area contributed by atoms with Crippen LogP contribution in [0.2, 0.25) is 0 Å². The molecule has 102 valence electrons. The lowest BCUT2D eigenvalue weighted by Gasteiger charge is -2.40. The largest absolute Gasteiger partial charge is 0.367 e. The van der Waals surface area contributed by atoms with Crippen molar-refractivity contribution in [2.24, 2.45) is 11.7 Å². The van der Waals surface area contributed by atoms with Crippen LogP contribution in [-0.2, 0) is 0 Å². The van der Waals surface area contributed by atoms with Crippen molar-refractivity contribution in [3.63, 3.8) is 0 Å². The van der Waals surface area contributed by atoms with Crippen LogP contribution < -0.4 is 10.6 Å². The van der Waals surface area contributed by atoms with Crippen LogP contribution >= 0.6 is 11.8 Å². The third kappa shape index (κ3) is 2.88. The van der Waals surface area contributed by atoms with Crippen molar-refractivity contribution >= 4 is 17.4 Å². The van der Waals surface area contributed by atoms with Crippen LogP contribution in [0.15, 0.2) is 23.1 Å². The summed E-state index contributed by atoms with van der Waals surface area (Å²) in [6, 6.07) is 8.97. The van der Waals surface area contributed by atoms with Crippen molar-refractivity contribution in [2.45, 2.75) is 30.7 Å². The molecule has 2 rings (SSSR count). The lowest BCUT2D eigenvalue weighted by molar-refractivity contribution is 0.373. The average Bonchev–Trinajstić information content (AvgIpc) is 2.46. The van der Waals surface area contributed by atoms with Gasteiger partial charge in [-0.25, -0.2) is 0 Å². The number of rotatable bonds is 3. The Morgan fingerprint density at radius 3 is 2.89 bits per heavy atom. The zero-order valence-electron chi connectivity index (χ0n) is 11.6. The first-order chi connectivity index (χ1) is 9.21. The lowest BCUT2D eigenvalue weighted by Crippen LogP contribution is -2.44. The van der Waals surface area contributed by atoms with Crippen molar-refractivity contribution in [2.75, 3.05) is 24.2 Å². The first-order valence-electron chi connectivity index (χ1n) is 6.75. The minimum absolute atomic E-state index is 0.479. The fraction of sp³-hybridized carbons (Fsp3) is 0.533. The second-order valence-electron chi connectivity index (χ2n) is 5.15. The number of nitrogens with zero attached hydrogens (tertiary/aromatic N) is 2. The Bertz CT molecular complexity index is 481. The number of anilines is 1. The van der Waals surface area contributed by atoms with E-state index in [4.69, 9.17) is 5.73 Å². The summed E-state index contributed by atoms with van der Waals surface area (Å²) in [5, 5.41) is 9.46. The fourth-order valence-corrected chi connectivity index (χ4v) is 3.32. The number of hydrogen-bond acceptors (Lipinski definition) is 4. The molecule has 0 bridgehead atoms. The summed E-state index contributed by atoms with van der Waals surface area (Å²) < 4.78 is 0. The summed E-state index contributed by atoms with van der Waals surface area (Å²) in [6.07, 6.45) is 4.36. The van der Waals surface area contributed by atoms with Crippen LogP contribution in [0.25, 0.3) is 0 Å². The molecule has 1 aliphatic heterocycles. The minimum Gasteiger partial charge on any atom is -0.367 e. The zero-order chi connectivity index (χ0) is 13.8. The fourth-order valence-electron chi connectivity index (χ4n) is 2.75. The molecular formula is C15H21N3S. The van der Waals surface area contributed by atoms with Gasteiger partial charge in [-0.1, -0.05) is 6.07 Å². The van der Waals surface area contributed by atoms with Crippen molar-refractivity contribution < 1.29 is 0 Å². The molecule has 1 aliphatic rings. The molecule has 2 unspecified atom stereocenters. The van der Waals surface area contributed by atoms with Crippen LogP contribution in [0, 0.1) is 17.2 Å². The summed E-state index contributed by atoms with van der Waals surface area (Å²) in [4.78, 5) is 3.42. The van der Waals surface area contributed by atoms with Crippen molar-refractivity contribution in [3.8, 4) is 6.07 Å². The summed E-state index contributed by atoms with van der Waals surface area (Å²) >= 11 is 1.63. The highest BCUT2D eigenvalue weighted by Gasteiger charge is 2.26. The summed E-state index contributed by atoms with van der Waals surface area (Å²) in [7, 11) is 0. The summed E-state index contributed by atoms with van der Waals surface area (Å²) in [5.74, 6) is 0.542. The Balaban J connectivity index is 2.37. The molecule has 1 saturated heterocycles. The van der Waals surface area contributed by atoms with Crippen LogP contribution in [0.5, 0.6) is 0 Å². The molecule has 0 aliphatic carbocycles. The van der Waals surface area contributed by atoms with E-state index >= 15 is 0 Å². The quantitative estimate of drug-likeness (QED) is 0.862. The number of hydrogen-bond donors (Lipinski definition) is 1. The molecule has 1 fully saturated rings. The Labute approximate surface area is 119 Å². The van der Waals surface area contributed by atoms with Gasteiger partial charge in [0.05, 0.1) is 11.3 Å². The van der Waals surface area contributed by atoms with Gasteiger partial charge in [0.25, 0.3) is 0 Å². The Hall–Kier alpha value is -1.18. The average molecular weight is 275 g/mol. The Morgan fingerprint density at radius 1 is 1.47 bits per heavy atom. The predicted octanol–water partition coefficient (Wildman–Crippen LogP) is 2.84. The SMILES string of the molecule is CSc1cccc(N2CC(CN)CCC2C)c1C#N. The second kappa shape index (κ2) is 6.31. The Morgan fingerprint density at radius 2 is 2.26 bits per heavy atom. The highest BCUT2D eigenvalue weighted by atomic mass is 32.2. The predicted molar refractivity (Wildman–Crippen MR) is 81.5 cm³/mol. The third-order valence-corrected chi connectivity index (χ3v) is 4.74. The van der Waals surface area contributed by atoms with Crippen LogP contribution in [0.3, 0.4) is 0 Å². The van der Waals surface area contributed by atoms with Gasteiger partial charge in [-0.2, -0.15) is 5.26 Å². The molecule has 2 N–H and O–H groups in total. The van der Waals surface area contributed by atoms with E-state index in [1.807, 2.05) is 18.4 Å². The van der Waals surface area contributed by atoms with Gasteiger partial charge in [-0.05, 0) is 50.6 Å². The normalized spacial score (nSPS) is 23.2. The molecule has 0 radical (unpaired) electrons. The molecule has 1 heterocycles. The first kappa shape index (κ1) is 14.2. The minimum atomic E-state index is 0.479. The monoisotopic (exact) mass is 275 g/mol. The standard InChI is InChI=1S/C15H21N3S/c1-11-6-7-12(8-16)10-18(11)14-4-3-5-15(19-2)13(14)9-17/h3-5,11-12H,6-8,10,16H2,1-2H3. The number of benzene rings is 1. The summed E-state index contributed by atoms with van der Waals surface area (Å²) in [6.45, 7) is 3.93. The van der Waals surface area contributed by atoms with E-state index in [1.165, 1.54) is 6.42 Å². The molecule has 0 spiro atoms. The van der Waals surface area contributed by atoms with Gasteiger partial charge >= 0.3 is 0 Å². The van der Waals surface area contributed by atoms with E-state index in [0.717, 1.165) is 35.7 Å². The number of thioether (sulfide) groups is 1. The molecule has 2 atom stereocenters. The van der Waals surface area contributed by atoms with Gasteiger partial charge in [0.15, 0.2) is 0 Å². The molecule has 0 amide bonds. The topological polar surface area (TPSA) is 53.0 Å². The van der Waals surface area contributed by atoms with Crippen LogP contribution in [-0.4, -0.2) is 25.4 Å². The van der Waals surface area contributed by atoms with E-state index in [9.17, 15) is 5.26 Å². The van der Waals surface area contributed by atoms with Gasteiger partial charge in [0, 0.05) is 17.5 Å². The van der Waals surface area contributed by atoms with Gasteiger partial charge in [0.2, 0.25) is 0 Å². The number of nitriles is 1. The van der Waals surface area contributed by atoms with Crippen molar-refractivity contribution in [1.29, 1.82) is 5.26 Å². The smallest absolute Gasteiger partial charge is 0.103 e. The molecule has 4 heteroatoms. The van der Waals surface area contributed by atoms with E-state index in [1.54, 1.807) is 11.8 Å². The maximum absolute atomic E-state index is 9.46. The molecule has 19 heavy (non-hydrogen) atoms. The lowest BCUT2D eigenvalue weighted by atomic mass is 9.92. The molecule has 1 aromatic rings. The maximum Gasteiger partial charge on any atom is 0.103 e. The Kier molecular flexibility index (Phi) is 4.73. The third-order valence-electron chi connectivity index (χ3n) is 3.96. The van der Waals surface area contributed by atoms with Gasteiger partial charge < -0.3 is 10.6 Å². The molecule has 1 aromatic carbocycles. The molecule has 0 saturated carbocycles. The molecule has 3 nitrogen and oxygen atoms in total. The van der Waals surface area contributed by atoms with Crippen LogP contribution in [0.4, 0.5) is 5.69 Å². The van der Waals surface area contributed by atoms with Crippen LogP contribution in [0.1, 0.15) is 25.3 Å². The van der Waals surface area contributed by atoms with Crippen molar-refractivity contribution in [1.82, 2.24) is 0 Å². The maximum atomic E-state index is 9.46. The summed E-state index contributed by atoms with van der Waals surface area (Å²) in [5.41, 5.74) is 7.69. The number of nitrogens with two attached hydrogens (primary N) is 1. The van der Waals surface area contributed by atoms with E-state index in [2.05, 4.69) is 24.0 Å². The zero-order valence-corrected chi connectivity index (χ0v) is 12.4. The molecule has 0 aromatic heterocycles. The first-order valence-corrected chi connectivity index (χ1v) is 7.97. The van der Waals surface area contributed by atoms with Gasteiger partial charge in [0.1, 0.15) is 6.07 Å². The van der Waals surface area contributed by atoms with Gasteiger partial charge in [-0.15, -0.1) is 11.8 Å². The van der Waals surface area contributed by atoms with Gasteiger partial charge in [-0.3, -0.25) is 0 Å².